The molecule has 7 rings (SSSR count). The van der Waals surface area contributed by atoms with Crippen LogP contribution < -0.4 is 9.80 Å². The van der Waals surface area contributed by atoms with Gasteiger partial charge in [0.1, 0.15) is 0 Å². The molecular weight excluding hydrogens is 596 g/mol. The van der Waals surface area contributed by atoms with Crippen molar-refractivity contribution in [1.29, 1.82) is 0 Å². The lowest BCUT2D eigenvalue weighted by Crippen LogP contribution is -2.53. The zero-order chi connectivity index (χ0) is 33.4. The first-order chi connectivity index (χ1) is 23.4. The van der Waals surface area contributed by atoms with Crippen LogP contribution in [0.15, 0.2) is 110 Å². The fourth-order valence-corrected chi connectivity index (χ4v) is 7.97. The highest BCUT2D eigenvalue weighted by atomic mass is 16.3. The third-order valence-electron chi connectivity index (χ3n) is 10.9. The molecule has 2 saturated carbocycles. The van der Waals surface area contributed by atoms with Gasteiger partial charge in [-0.25, -0.2) is 0 Å². The van der Waals surface area contributed by atoms with Gasteiger partial charge < -0.3 is 30.2 Å². The van der Waals surface area contributed by atoms with Crippen molar-refractivity contribution in [2.24, 2.45) is 11.8 Å². The normalized spacial score (nSPS) is 30.6. The number of allylic oxidation sites excluding steroid dienone is 4. The van der Waals surface area contributed by atoms with E-state index in [0.29, 0.717) is 0 Å². The molecular formula is C42H48N2O4. The lowest BCUT2D eigenvalue weighted by Gasteiger charge is -2.47. The fourth-order valence-electron chi connectivity index (χ4n) is 7.97. The number of aliphatic hydroxyl groups excluding tert-OH is 4. The molecule has 0 amide bonds. The van der Waals surface area contributed by atoms with Gasteiger partial charge in [-0.15, -0.1) is 0 Å². The average molecular weight is 645 g/mol. The van der Waals surface area contributed by atoms with Gasteiger partial charge >= 0.3 is 0 Å². The summed E-state index contributed by atoms with van der Waals surface area (Å²) in [6.45, 7) is 6.31. The lowest BCUT2D eigenvalue weighted by molar-refractivity contribution is -0.0955. The van der Waals surface area contributed by atoms with Crippen LogP contribution in [-0.2, 0) is 0 Å². The summed E-state index contributed by atoms with van der Waals surface area (Å²) in [5.41, 5.74) is 8.31. The summed E-state index contributed by atoms with van der Waals surface area (Å²) in [6, 6.07) is 24.3. The summed E-state index contributed by atoms with van der Waals surface area (Å²) in [6.07, 6.45) is 14.1. The summed E-state index contributed by atoms with van der Waals surface area (Å²) in [7, 11) is 0. The Morgan fingerprint density at radius 3 is 1.29 bits per heavy atom. The maximum absolute atomic E-state index is 11.2. The first-order valence-corrected chi connectivity index (χ1v) is 17.8. The van der Waals surface area contributed by atoms with Crippen LogP contribution in [0.1, 0.15) is 73.6 Å². The molecule has 0 radical (unpaired) electrons. The largest absolute Gasteiger partial charge is 0.392 e. The van der Waals surface area contributed by atoms with Crippen LogP contribution in [0.3, 0.4) is 0 Å². The van der Waals surface area contributed by atoms with Gasteiger partial charge in [-0.3, -0.25) is 0 Å². The van der Waals surface area contributed by atoms with E-state index in [1.165, 1.54) is 0 Å². The topological polar surface area (TPSA) is 87.4 Å². The van der Waals surface area contributed by atoms with E-state index < -0.39 is 36.3 Å². The molecule has 2 aliphatic heterocycles. The molecule has 0 aromatic heterocycles. The summed E-state index contributed by atoms with van der Waals surface area (Å²) in [5, 5.41) is 45.0. The molecule has 4 N–H and O–H groups in total. The minimum atomic E-state index is -0.711. The zero-order valence-electron chi connectivity index (χ0n) is 27.9. The van der Waals surface area contributed by atoms with Crippen molar-refractivity contribution >= 4 is 22.5 Å². The van der Waals surface area contributed by atoms with E-state index >= 15 is 0 Å². The molecule has 4 unspecified atom stereocenters. The van der Waals surface area contributed by atoms with Crippen molar-refractivity contribution in [2.45, 2.75) is 75.8 Å². The van der Waals surface area contributed by atoms with E-state index in [4.69, 9.17) is 0 Å². The van der Waals surface area contributed by atoms with Crippen molar-refractivity contribution < 1.29 is 20.4 Å². The van der Waals surface area contributed by atoms with Gasteiger partial charge in [-0.2, -0.15) is 0 Å². The van der Waals surface area contributed by atoms with Gasteiger partial charge in [0, 0.05) is 71.7 Å². The average Bonchev–Trinajstić information content (AvgIpc) is 3.12. The second-order valence-corrected chi connectivity index (χ2v) is 13.8. The first-order valence-electron chi connectivity index (χ1n) is 17.8. The smallest absolute Gasteiger partial charge is 0.0721 e. The molecule has 4 aliphatic rings. The van der Waals surface area contributed by atoms with Crippen LogP contribution >= 0.6 is 0 Å². The van der Waals surface area contributed by atoms with Crippen molar-refractivity contribution in [1.82, 2.24) is 0 Å². The molecule has 0 saturated heterocycles. The number of hydrogen-bond donors (Lipinski definition) is 4. The molecule has 3 aromatic carbocycles. The van der Waals surface area contributed by atoms with Crippen LogP contribution in [0.25, 0.3) is 11.1 Å². The second-order valence-electron chi connectivity index (χ2n) is 13.8. The van der Waals surface area contributed by atoms with Gasteiger partial charge in [0.05, 0.1) is 24.4 Å². The molecule has 2 aliphatic carbocycles. The number of unbranched alkanes of at least 4 members (excludes halogenated alkanes) is 2. The quantitative estimate of drug-likeness (QED) is 0.190. The molecule has 0 spiro atoms. The van der Waals surface area contributed by atoms with E-state index in [1.807, 2.05) is 48.6 Å². The predicted octanol–water partition coefficient (Wildman–Crippen LogP) is 6.99. The van der Waals surface area contributed by atoms with Crippen molar-refractivity contribution in [3.8, 4) is 0 Å². The number of nitrogens with zero attached hydrogens (tertiary/aromatic N) is 2. The Kier molecular flexibility index (Phi) is 9.43. The molecule has 6 heteroatoms. The first kappa shape index (κ1) is 32.6. The zero-order valence-corrected chi connectivity index (χ0v) is 27.9. The minimum Gasteiger partial charge on any atom is -0.392 e. The number of aliphatic hydroxyl groups is 4. The number of hydrogen-bond acceptors (Lipinski definition) is 6. The molecule has 48 heavy (non-hydrogen) atoms. The second kappa shape index (κ2) is 13.9. The van der Waals surface area contributed by atoms with Crippen LogP contribution in [0.5, 0.6) is 0 Å². The number of benzene rings is 3. The molecule has 4 atom stereocenters. The van der Waals surface area contributed by atoms with Crippen molar-refractivity contribution in [3.63, 3.8) is 0 Å². The minimum absolute atomic E-state index is 0.369. The molecule has 250 valence electrons. The van der Waals surface area contributed by atoms with Gasteiger partial charge in [0.2, 0.25) is 0 Å². The Labute approximate surface area is 284 Å². The molecule has 0 bridgehead atoms. The number of rotatable bonds is 10. The van der Waals surface area contributed by atoms with Crippen LogP contribution in [0.4, 0.5) is 11.4 Å². The van der Waals surface area contributed by atoms with Gasteiger partial charge in [0.25, 0.3) is 0 Å². The highest BCUT2D eigenvalue weighted by Crippen LogP contribution is 2.48. The molecule has 3 aromatic rings. The predicted molar refractivity (Wildman–Crippen MR) is 195 cm³/mol. The standard InChI is InChI=1S/C42H48N2O4/c1-3-5-21-43-23-19-29(31-11-7-9-13-35(31)43)25-33-39(45)37(40(33)46)27-15-17-28(18-16-27)38-41(47)34(42(38)48)26-30-20-24-44(22-6-4-2)36-14-10-8-12-32(30)36/h7-20,23-26,33-34,37-42,45-48H,3-6,21-22H2,1-2H3. The Hall–Kier alpha value is -3.94. The summed E-state index contributed by atoms with van der Waals surface area (Å²) >= 11 is 0. The van der Waals surface area contributed by atoms with Crippen LogP contribution in [0.2, 0.25) is 0 Å². The molecule has 2 heterocycles. The number of fused-ring (bicyclic) bond motifs is 2. The Morgan fingerprint density at radius 2 is 0.917 bits per heavy atom. The summed E-state index contributed by atoms with van der Waals surface area (Å²) in [4.78, 5) is 4.55. The monoisotopic (exact) mass is 644 g/mol. The van der Waals surface area contributed by atoms with E-state index in [9.17, 15) is 20.4 Å². The number of anilines is 2. The van der Waals surface area contributed by atoms with E-state index in [-0.39, 0.29) is 11.8 Å². The Morgan fingerprint density at radius 1 is 0.542 bits per heavy atom. The molecule has 2 fully saturated rings. The third kappa shape index (κ3) is 5.85. The maximum Gasteiger partial charge on any atom is 0.0721 e. The van der Waals surface area contributed by atoms with Crippen LogP contribution in [0, 0.1) is 11.8 Å². The highest BCUT2D eigenvalue weighted by Gasteiger charge is 2.50. The maximum atomic E-state index is 11.2. The molecule has 6 nitrogen and oxygen atoms in total. The fraction of sp³-hybridized carbons (Fsp3) is 0.381. The Bertz CT molecular complexity index is 1580. The van der Waals surface area contributed by atoms with E-state index in [0.717, 1.165) is 83.5 Å². The Balaban J connectivity index is 1.02. The summed E-state index contributed by atoms with van der Waals surface area (Å²) < 4.78 is 0. The van der Waals surface area contributed by atoms with Gasteiger partial charge in [-0.1, -0.05) is 99.5 Å². The SMILES string of the molecule is CCCCN1C=CC(=CC2C(O)C(c3ccc(C4C(O)C(C=C5C=CN(CCCC)c6ccccc65)C4O)cc3)C2O)c2ccccc21. The van der Waals surface area contributed by atoms with Gasteiger partial charge in [0.15, 0.2) is 0 Å². The third-order valence-corrected chi connectivity index (χ3v) is 10.9. The lowest BCUT2D eigenvalue weighted by atomic mass is 9.63. The van der Waals surface area contributed by atoms with Crippen molar-refractivity contribution in [2.75, 3.05) is 22.9 Å². The highest BCUT2D eigenvalue weighted by molar-refractivity contribution is 5.87. The van der Waals surface area contributed by atoms with E-state index in [2.05, 4.69) is 84.6 Å². The van der Waals surface area contributed by atoms with Crippen molar-refractivity contribution in [3.05, 3.63) is 132 Å². The van der Waals surface area contributed by atoms with Crippen LogP contribution in [-0.4, -0.2) is 57.9 Å². The van der Waals surface area contributed by atoms with Gasteiger partial charge in [-0.05, 0) is 59.4 Å². The van der Waals surface area contributed by atoms with E-state index in [1.54, 1.807) is 0 Å². The summed E-state index contributed by atoms with van der Waals surface area (Å²) in [5.74, 6) is -1.53. The number of para-hydroxylation sites is 2.